The number of nitrogens with zero attached hydrogens (tertiary/aromatic N) is 2. The van der Waals surface area contributed by atoms with Crippen molar-refractivity contribution in [1.29, 1.82) is 0 Å². The van der Waals surface area contributed by atoms with Crippen LogP contribution in [0.4, 0.5) is 0 Å². The highest BCUT2D eigenvalue weighted by atomic mass is 32.2. The largest absolute Gasteiger partial charge is 0.326 e. The summed E-state index contributed by atoms with van der Waals surface area (Å²) in [5.74, 6) is 0. The lowest BCUT2D eigenvalue weighted by Crippen LogP contribution is -2.00. The molecule has 16 heavy (non-hydrogen) atoms. The number of rotatable bonds is 4. The van der Waals surface area contributed by atoms with Gasteiger partial charge in [-0.15, -0.1) is 11.8 Å². The van der Waals surface area contributed by atoms with Gasteiger partial charge in [0.05, 0.1) is 0 Å². The molecule has 2 aromatic rings. The fraction of sp³-hybridized carbons (Fsp3) is 0.200. The van der Waals surface area contributed by atoms with Crippen LogP contribution in [-0.2, 0) is 6.54 Å². The van der Waals surface area contributed by atoms with Crippen molar-refractivity contribution in [2.75, 3.05) is 6.26 Å². The molecule has 0 spiro atoms. The summed E-state index contributed by atoms with van der Waals surface area (Å²) in [7, 11) is 0. The van der Waals surface area contributed by atoms with Crippen molar-refractivity contribution in [2.45, 2.75) is 21.5 Å². The van der Waals surface area contributed by atoms with Gasteiger partial charge in [0.25, 0.3) is 0 Å². The smallest absolute Gasteiger partial charge is 0.188 e. The Kier molecular flexibility index (Phi) is 3.87. The van der Waals surface area contributed by atoms with Crippen molar-refractivity contribution in [3.05, 3.63) is 30.1 Å². The fourth-order valence-corrected chi connectivity index (χ4v) is 2.97. The molecule has 0 aliphatic carbocycles. The van der Waals surface area contributed by atoms with Gasteiger partial charge in [-0.05, 0) is 35.7 Å². The third kappa shape index (κ3) is 2.40. The van der Waals surface area contributed by atoms with E-state index in [2.05, 4.69) is 33.6 Å². The molecule has 1 aromatic carbocycles. The van der Waals surface area contributed by atoms with Gasteiger partial charge in [0.1, 0.15) is 6.33 Å². The van der Waals surface area contributed by atoms with Gasteiger partial charge in [-0.25, -0.2) is 4.98 Å². The lowest BCUT2D eigenvalue weighted by Gasteiger charge is -2.09. The van der Waals surface area contributed by atoms with Crippen LogP contribution in [0.1, 0.15) is 5.56 Å². The van der Waals surface area contributed by atoms with Gasteiger partial charge in [0, 0.05) is 16.3 Å². The van der Waals surface area contributed by atoms with E-state index < -0.39 is 0 Å². The van der Waals surface area contributed by atoms with Crippen LogP contribution in [0.5, 0.6) is 0 Å². The molecule has 0 bridgehead atoms. The molecular weight excluding hydrogens is 240 g/mol. The van der Waals surface area contributed by atoms with Crippen LogP contribution in [0.3, 0.4) is 0 Å². The van der Waals surface area contributed by atoms with Crippen LogP contribution < -0.4 is 5.73 Å². The van der Waals surface area contributed by atoms with Gasteiger partial charge >= 0.3 is 0 Å². The second-order valence-corrected chi connectivity index (χ2v) is 4.91. The number of benzene rings is 1. The minimum absolute atomic E-state index is 0.535. The van der Waals surface area contributed by atoms with Crippen molar-refractivity contribution in [3.8, 4) is 0 Å². The van der Waals surface area contributed by atoms with Gasteiger partial charge in [0.2, 0.25) is 0 Å². The number of thioether (sulfide) groups is 1. The van der Waals surface area contributed by atoms with Crippen molar-refractivity contribution in [2.24, 2.45) is 5.73 Å². The first-order chi connectivity index (χ1) is 7.85. The molecule has 3 N–H and O–H groups in total. The highest BCUT2D eigenvalue weighted by Crippen LogP contribution is 2.32. The number of nitrogens with one attached hydrogen (secondary N) is 1. The molecule has 0 fully saturated rings. The normalized spacial score (nSPS) is 10.6. The third-order valence-electron chi connectivity index (χ3n) is 2.11. The monoisotopic (exact) mass is 252 g/mol. The van der Waals surface area contributed by atoms with E-state index in [1.165, 1.54) is 11.2 Å². The Labute approximate surface area is 102 Å². The van der Waals surface area contributed by atoms with Crippen LogP contribution >= 0.6 is 23.5 Å². The summed E-state index contributed by atoms with van der Waals surface area (Å²) in [6.07, 6.45) is 3.56. The number of aromatic nitrogens is 3. The van der Waals surface area contributed by atoms with Crippen LogP contribution in [0.25, 0.3) is 0 Å². The topological polar surface area (TPSA) is 67.6 Å². The van der Waals surface area contributed by atoms with E-state index in [9.17, 15) is 0 Å². The Morgan fingerprint density at radius 2 is 2.19 bits per heavy atom. The van der Waals surface area contributed by atoms with Crippen LogP contribution in [0, 0.1) is 0 Å². The van der Waals surface area contributed by atoms with Crippen LogP contribution in [-0.4, -0.2) is 21.4 Å². The molecule has 0 radical (unpaired) electrons. The Balaban J connectivity index is 2.33. The number of hydrogen-bond donors (Lipinski definition) is 2. The lowest BCUT2D eigenvalue weighted by atomic mass is 10.2. The summed E-state index contributed by atoms with van der Waals surface area (Å²) in [5, 5.41) is 7.44. The maximum absolute atomic E-state index is 5.78. The summed E-state index contributed by atoms with van der Waals surface area (Å²) in [6, 6.07) is 6.16. The fourth-order valence-electron chi connectivity index (χ4n) is 1.38. The molecule has 6 heteroatoms. The van der Waals surface area contributed by atoms with Crippen molar-refractivity contribution < 1.29 is 0 Å². The predicted octanol–water partition coefficient (Wildman–Crippen LogP) is 2.14. The highest BCUT2D eigenvalue weighted by molar-refractivity contribution is 7.99. The molecule has 84 valence electrons. The molecule has 0 saturated heterocycles. The molecule has 1 aromatic heterocycles. The van der Waals surface area contributed by atoms with E-state index in [-0.39, 0.29) is 0 Å². The van der Waals surface area contributed by atoms with Crippen LogP contribution in [0.15, 0.2) is 39.5 Å². The second-order valence-electron chi connectivity index (χ2n) is 3.03. The van der Waals surface area contributed by atoms with Crippen molar-refractivity contribution in [1.82, 2.24) is 15.2 Å². The van der Waals surface area contributed by atoms with E-state index in [1.54, 1.807) is 23.5 Å². The number of H-pyrrole nitrogens is 1. The van der Waals surface area contributed by atoms with Gasteiger partial charge in [0.15, 0.2) is 5.16 Å². The Bertz CT molecular complexity index is 456. The van der Waals surface area contributed by atoms with Crippen molar-refractivity contribution >= 4 is 23.5 Å². The molecular formula is C10H12N4S2. The zero-order valence-electron chi connectivity index (χ0n) is 8.80. The van der Waals surface area contributed by atoms with Gasteiger partial charge < -0.3 is 5.73 Å². The Morgan fingerprint density at radius 3 is 2.81 bits per heavy atom. The summed E-state index contributed by atoms with van der Waals surface area (Å²) >= 11 is 3.26. The summed E-state index contributed by atoms with van der Waals surface area (Å²) in [5.41, 5.74) is 6.95. The average molecular weight is 252 g/mol. The van der Waals surface area contributed by atoms with Gasteiger partial charge in [-0.1, -0.05) is 6.07 Å². The van der Waals surface area contributed by atoms with Crippen molar-refractivity contribution in [3.63, 3.8) is 0 Å². The molecule has 0 amide bonds. The molecule has 4 nitrogen and oxygen atoms in total. The molecule has 0 saturated carbocycles. The molecule has 0 aliphatic heterocycles. The van der Waals surface area contributed by atoms with E-state index in [0.29, 0.717) is 6.54 Å². The van der Waals surface area contributed by atoms with Gasteiger partial charge in [-0.3, -0.25) is 5.10 Å². The summed E-state index contributed by atoms with van der Waals surface area (Å²) in [6.45, 7) is 0.535. The third-order valence-corrected chi connectivity index (χ3v) is 3.93. The minimum Gasteiger partial charge on any atom is -0.326 e. The lowest BCUT2D eigenvalue weighted by molar-refractivity contribution is 0.955. The summed E-state index contributed by atoms with van der Waals surface area (Å²) in [4.78, 5) is 6.44. The SMILES string of the molecule is CSc1cccc(Sc2ncn[nH]2)c1CN. The van der Waals surface area contributed by atoms with Gasteiger partial charge in [-0.2, -0.15) is 5.10 Å². The standard InChI is InChI=1S/C10H12N4S2/c1-15-8-3-2-4-9(7(8)5-11)16-10-12-6-13-14-10/h2-4,6H,5,11H2,1H3,(H,12,13,14). The molecule has 0 atom stereocenters. The van der Waals surface area contributed by atoms with E-state index in [1.807, 2.05) is 6.07 Å². The number of nitrogens with two attached hydrogens (primary N) is 1. The quantitative estimate of drug-likeness (QED) is 0.816. The Morgan fingerprint density at radius 1 is 1.38 bits per heavy atom. The highest BCUT2D eigenvalue weighted by Gasteiger charge is 2.08. The zero-order chi connectivity index (χ0) is 11.4. The molecule has 0 aliphatic rings. The first-order valence-corrected chi connectivity index (χ1v) is 6.78. The van der Waals surface area contributed by atoms with Crippen LogP contribution in [0.2, 0.25) is 0 Å². The predicted molar refractivity (Wildman–Crippen MR) is 66.6 cm³/mol. The first kappa shape index (κ1) is 11.5. The zero-order valence-corrected chi connectivity index (χ0v) is 10.4. The number of hydrogen-bond acceptors (Lipinski definition) is 5. The maximum Gasteiger partial charge on any atom is 0.188 e. The molecule has 0 unspecified atom stereocenters. The van der Waals surface area contributed by atoms with E-state index in [0.717, 1.165) is 15.6 Å². The average Bonchev–Trinajstić information content (AvgIpc) is 2.81. The Hall–Kier alpha value is -0.980. The summed E-state index contributed by atoms with van der Waals surface area (Å²) < 4.78 is 0. The number of aromatic amines is 1. The minimum atomic E-state index is 0.535. The first-order valence-electron chi connectivity index (χ1n) is 4.74. The van der Waals surface area contributed by atoms with E-state index >= 15 is 0 Å². The molecule has 2 rings (SSSR count). The van der Waals surface area contributed by atoms with E-state index in [4.69, 9.17) is 5.73 Å². The maximum atomic E-state index is 5.78. The molecule has 1 heterocycles. The second kappa shape index (κ2) is 5.38.